The third-order valence-electron chi connectivity index (χ3n) is 0.514. The van der Waals surface area contributed by atoms with Gasteiger partial charge in [-0.1, -0.05) is 0 Å². The number of carbonyl (C=O) groups is 1. The first kappa shape index (κ1) is 12.4. The van der Waals surface area contributed by atoms with Gasteiger partial charge < -0.3 is 10.8 Å². The minimum absolute atomic E-state index is 0.190. The molecule has 0 spiro atoms. The maximum absolute atomic E-state index is 9.76. The molecule has 5 heteroatoms. The number of carboxylic acid groups (broad SMARTS) is 1. The van der Waals surface area contributed by atoms with Crippen LogP contribution in [0.4, 0.5) is 0 Å². The van der Waals surface area contributed by atoms with E-state index in [1.54, 1.807) is 0 Å². The molecule has 0 saturated carbocycles. The molecule has 0 aliphatic heterocycles. The molecular formula is C4H10HgNO2S. The second-order valence-corrected chi connectivity index (χ2v) is 1.49. The predicted molar refractivity (Wildman–Crippen MR) is 35.3 cm³/mol. The third kappa shape index (κ3) is 8.72. The summed E-state index contributed by atoms with van der Waals surface area (Å²) in [7, 11) is 0. The van der Waals surface area contributed by atoms with Crippen LogP contribution >= 0.6 is 12.6 Å². The van der Waals surface area contributed by atoms with Crippen LogP contribution in [0, 0.1) is 0 Å². The SMILES string of the molecule is NC(CS)C(=O)O.[CH3][Hg]. The zero-order valence-corrected chi connectivity index (χ0v) is 11.8. The van der Waals surface area contributed by atoms with Crippen molar-refractivity contribution in [3.63, 3.8) is 0 Å². The van der Waals surface area contributed by atoms with Crippen molar-refractivity contribution in [2.75, 3.05) is 5.75 Å². The van der Waals surface area contributed by atoms with Gasteiger partial charge in [0.15, 0.2) is 0 Å². The van der Waals surface area contributed by atoms with Crippen LogP contribution in [0.2, 0.25) is 4.43 Å². The Morgan fingerprint density at radius 1 is 1.89 bits per heavy atom. The Balaban J connectivity index is 0. The van der Waals surface area contributed by atoms with Crippen LogP contribution in [0.3, 0.4) is 0 Å². The molecule has 1 atom stereocenters. The summed E-state index contributed by atoms with van der Waals surface area (Å²) in [4.78, 5) is 9.76. The Hall–Kier alpha value is 0.715. The first-order valence-corrected chi connectivity index (χ1v) is 8.61. The molecule has 3 nitrogen and oxygen atoms in total. The van der Waals surface area contributed by atoms with Crippen molar-refractivity contribution in [1.29, 1.82) is 0 Å². The number of aliphatic carboxylic acids is 1. The molecule has 0 fully saturated rings. The van der Waals surface area contributed by atoms with E-state index >= 15 is 0 Å². The van der Waals surface area contributed by atoms with Gasteiger partial charge in [0.1, 0.15) is 6.04 Å². The van der Waals surface area contributed by atoms with E-state index in [1.165, 1.54) is 0 Å². The van der Waals surface area contributed by atoms with Crippen molar-refractivity contribution in [3.8, 4) is 0 Å². The fraction of sp³-hybridized carbons (Fsp3) is 0.750. The molecule has 0 aromatic carbocycles. The van der Waals surface area contributed by atoms with Gasteiger partial charge in [0.25, 0.3) is 0 Å². The van der Waals surface area contributed by atoms with Gasteiger partial charge in [0.05, 0.1) is 0 Å². The molecule has 0 amide bonds. The van der Waals surface area contributed by atoms with Crippen molar-refractivity contribution in [2.45, 2.75) is 10.5 Å². The van der Waals surface area contributed by atoms with Crippen molar-refractivity contribution in [2.24, 2.45) is 5.73 Å². The summed E-state index contributed by atoms with van der Waals surface area (Å²) in [6.45, 7) is 0. The maximum atomic E-state index is 9.76. The Kier molecular flexibility index (Phi) is 12.0. The van der Waals surface area contributed by atoms with Gasteiger partial charge in [-0.05, 0) is 0 Å². The molecule has 0 aliphatic carbocycles. The zero-order chi connectivity index (χ0) is 7.86. The monoisotopic (exact) mass is 338 g/mol. The summed E-state index contributed by atoms with van der Waals surface area (Å²) in [5.41, 5.74) is 4.94. The fourth-order valence-electron chi connectivity index (χ4n) is 0.0781. The minimum atomic E-state index is -1.00. The first-order chi connectivity index (χ1) is 4.18. The Labute approximate surface area is 76.4 Å². The van der Waals surface area contributed by atoms with Crippen LogP contribution in [-0.4, -0.2) is 22.9 Å². The van der Waals surface area contributed by atoms with E-state index in [-0.39, 0.29) is 5.75 Å². The summed E-state index contributed by atoms with van der Waals surface area (Å²) in [6.07, 6.45) is 0. The standard InChI is InChI=1S/C3H7NO2S.CH3.Hg/c4-2(1-7)3(5)6;;/h2,7H,1,4H2,(H,5,6);1H3;. The number of thiol groups is 1. The molecule has 0 saturated heterocycles. The van der Waals surface area contributed by atoms with Gasteiger partial charge in [-0.15, -0.1) is 0 Å². The van der Waals surface area contributed by atoms with E-state index in [4.69, 9.17) is 10.8 Å². The normalized spacial score (nSPS) is 11.2. The average Bonchev–Trinajstić information content (AvgIpc) is 1.91. The van der Waals surface area contributed by atoms with E-state index < -0.39 is 12.0 Å². The van der Waals surface area contributed by atoms with E-state index in [2.05, 4.69) is 17.1 Å². The number of rotatable bonds is 2. The second-order valence-electron chi connectivity index (χ2n) is 1.13. The van der Waals surface area contributed by atoms with E-state index in [0.717, 1.165) is 26.1 Å². The zero-order valence-electron chi connectivity index (χ0n) is 5.37. The van der Waals surface area contributed by atoms with E-state index in [9.17, 15) is 4.79 Å². The quantitative estimate of drug-likeness (QED) is 0.488. The Morgan fingerprint density at radius 3 is 2.22 bits per heavy atom. The van der Waals surface area contributed by atoms with Gasteiger partial charge in [-0.25, -0.2) is 0 Å². The predicted octanol–water partition coefficient (Wildman–Crippen LogP) is -0.0906. The number of hydrogen-bond donors (Lipinski definition) is 3. The van der Waals surface area contributed by atoms with Crippen molar-refractivity contribution in [3.05, 3.63) is 0 Å². The molecule has 0 bridgehead atoms. The van der Waals surface area contributed by atoms with Crippen LogP contribution < -0.4 is 5.73 Å². The molecule has 0 rings (SSSR count). The number of nitrogens with two attached hydrogens (primary N) is 1. The van der Waals surface area contributed by atoms with Crippen LogP contribution in [0.15, 0.2) is 0 Å². The Morgan fingerprint density at radius 2 is 2.22 bits per heavy atom. The molecule has 0 aliphatic rings. The molecule has 9 heavy (non-hydrogen) atoms. The van der Waals surface area contributed by atoms with Crippen molar-refractivity contribution < 1.29 is 36.0 Å². The van der Waals surface area contributed by atoms with Gasteiger partial charge in [-0.3, -0.25) is 4.79 Å². The molecule has 0 aromatic heterocycles. The van der Waals surface area contributed by atoms with Gasteiger partial charge in [0, 0.05) is 5.75 Å². The summed E-state index contributed by atoms with van der Waals surface area (Å²) < 4.78 is 2.19. The molecule has 1 unspecified atom stereocenters. The summed E-state index contributed by atoms with van der Waals surface area (Å²) >= 11 is 4.68. The molecule has 51 valence electrons. The van der Waals surface area contributed by atoms with Crippen molar-refractivity contribution >= 4 is 18.6 Å². The van der Waals surface area contributed by atoms with Gasteiger partial charge in [0.2, 0.25) is 0 Å². The number of hydrogen-bond acceptors (Lipinski definition) is 3. The van der Waals surface area contributed by atoms with Gasteiger partial charge in [-0.2, -0.15) is 12.6 Å². The number of carboxylic acids is 1. The van der Waals surface area contributed by atoms with E-state index in [0.29, 0.717) is 0 Å². The van der Waals surface area contributed by atoms with Crippen LogP contribution in [0.25, 0.3) is 0 Å². The summed E-state index contributed by atoms with van der Waals surface area (Å²) in [5, 5.41) is 8.01. The molecule has 0 heterocycles. The Bertz CT molecular complexity index is 81.0. The van der Waals surface area contributed by atoms with Crippen LogP contribution in [0.1, 0.15) is 0 Å². The molecule has 0 radical (unpaired) electrons. The third-order valence-corrected chi connectivity index (χ3v) is 0.907. The van der Waals surface area contributed by atoms with Gasteiger partial charge >= 0.3 is 36.5 Å². The topological polar surface area (TPSA) is 63.3 Å². The first-order valence-electron chi connectivity index (χ1n) is 2.48. The summed E-state index contributed by atoms with van der Waals surface area (Å²) in [6, 6.07) is -0.816. The van der Waals surface area contributed by atoms with Crippen molar-refractivity contribution in [1.82, 2.24) is 0 Å². The second kappa shape index (κ2) is 8.72. The van der Waals surface area contributed by atoms with Crippen LogP contribution in [0.5, 0.6) is 0 Å². The van der Waals surface area contributed by atoms with Crippen LogP contribution in [-0.2, 0) is 30.9 Å². The fourth-order valence-corrected chi connectivity index (χ4v) is 0.234. The van der Waals surface area contributed by atoms with E-state index in [1.807, 2.05) is 0 Å². The molecule has 0 aromatic rings. The molecule has 3 N–H and O–H groups in total. The average molecular weight is 337 g/mol. The molecular weight excluding hydrogens is 327 g/mol. The summed E-state index contributed by atoms with van der Waals surface area (Å²) in [5.74, 6) is -0.815.